The summed E-state index contributed by atoms with van der Waals surface area (Å²) in [5, 5.41) is 3.54. The van der Waals surface area contributed by atoms with Crippen LogP contribution in [0.4, 0.5) is 11.4 Å². The van der Waals surface area contributed by atoms with Gasteiger partial charge in [0.2, 0.25) is 0 Å². The molecule has 0 aliphatic carbocycles. The number of para-hydroxylation sites is 1. The van der Waals surface area contributed by atoms with Crippen LogP contribution in [0.3, 0.4) is 0 Å². The maximum atomic E-state index is 3.54. The number of hydrogen-bond donors (Lipinski definition) is 1. The molecule has 1 N–H and O–H groups in total. The van der Waals surface area contributed by atoms with Crippen molar-refractivity contribution in [1.82, 2.24) is 0 Å². The van der Waals surface area contributed by atoms with Gasteiger partial charge in [-0.3, -0.25) is 0 Å². The Morgan fingerprint density at radius 3 is 2.81 bits per heavy atom. The van der Waals surface area contributed by atoms with Crippen molar-refractivity contribution in [2.75, 3.05) is 23.8 Å². The molecule has 1 heterocycles. The highest BCUT2D eigenvalue weighted by molar-refractivity contribution is 5.75. The molecular formula is C14H22N2. The van der Waals surface area contributed by atoms with Crippen LogP contribution in [-0.2, 0) is 0 Å². The Kier molecular flexibility index (Phi) is 3.08. The first kappa shape index (κ1) is 11.3. The molecule has 0 amide bonds. The number of hydrogen-bond acceptors (Lipinski definition) is 2. The second-order valence-corrected chi connectivity index (χ2v) is 5.07. The molecule has 2 heteroatoms. The minimum Gasteiger partial charge on any atom is -0.383 e. The zero-order valence-corrected chi connectivity index (χ0v) is 10.7. The molecule has 1 aliphatic heterocycles. The first-order chi connectivity index (χ1) is 7.61. The second-order valence-electron chi connectivity index (χ2n) is 5.07. The van der Waals surface area contributed by atoms with E-state index in [0.717, 1.165) is 6.54 Å². The minimum atomic E-state index is 0.574. The molecule has 0 fully saturated rings. The molecule has 2 nitrogen and oxygen atoms in total. The van der Waals surface area contributed by atoms with E-state index in [1.807, 2.05) is 0 Å². The summed E-state index contributed by atoms with van der Waals surface area (Å²) < 4.78 is 0. The fourth-order valence-corrected chi connectivity index (χ4v) is 2.39. The van der Waals surface area contributed by atoms with Gasteiger partial charge in [0.25, 0.3) is 0 Å². The van der Waals surface area contributed by atoms with Crippen LogP contribution in [0.2, 0.25) is 0 Å². The first-order valence-corrected chi connectivity index (χ1v) is 6.21. The molecule has 88 valence electrons. The molecule has 0 bridgehead atoms. The molecule has 1 unspecified atom stereocenters. The molecule has 1 aromatic rings. The summed E-state index contributed by atoms with van der Waals surface area (Å²) in [5.74, 6) is 0.574. The zero-order valence-electron chi connectivity index (χ0n) is 10.7. The lowest BCUT2D eigenvalue weighted by Crippen LogP contribution is -2.29. The lowest BCUT2D eigenvalue weighted by Gasteiger charge is -2.29. The van der Waals surface area contributed by atoms with Gasteiger partial charge < -0.3 is 10.2 Å². The maximum Gasteiger partial charge on any atom is 0.0636 e. The van der Waals surface area contributed by atoms with E-state index >= 15 is 0 Å². The number of nitrogens with one attached hydrogen (secondary N) is 1. The predicted octanol–water partition coefficient (Wildman–Crippen LogP) is 3.45. The van der Waals surface area contributed by atoms with Gasteiger partial charge in [0.15, 0.2) is 0 Å². The minimum absolute atomic E-state index is 0.574. The van der Waals surface area contributed by atoms with Gasteiger partial charge in [0.05, 0.1) is 11.4 Å². The Hall–Kier alpha value is -1.18. The van der Waals surface area contributed by atoms with Crippen molar-refractivity contribution in [3.05, 3.63) is 23.8 Å². The molecule has 0 aromatic heterocycles. The second kappa shape index (κ2) is 4.36. The smallest absolute Gasteiger partial charge is 0.0636 e. The van der Waals surface area contributed by atoms with Crippen LogP contribution in [0.25, 0.3) is 0 Å². The van der Waals surface area contributed by atoms with Gasteiger partial charge in [-0.2, -0.15) is 0 Å². The third-order valence-corrected chi connectivity index (χ3v) is 3.58. The van der Waals surface area contributed by atoms with Crippen LogP contribution < -0.4 is 10.2 Å². The average molecular weight is 218 g/mol. The highest BCUT2D eigenvalue weighted by atomic mass is 15.2. The Labute approximate surface area is 98.7 Å². The Morgan fingerprint density at radius 2 is 2.12 bits per heavy atom. The van der Waals surface area contributed by atoms with Crippen molar-refractivity contribution in [1.29, 1.82) is 0 Å². The summed E-state index contributed by atoms with van der Waals surface area (Å²) in [6.45, 7) is 7.89. The van der Waals surface area contributed by atoms with Gasteiger partial charge in [-0.15, -0.1) is 0 Å². The van der Waals surface area contributed by atoms with Crippen molar-refractivity contribution in [2.45, 2.75) is 39.2 Å². The van der Waals surface area contributed by atoms with Crippen molar-refractivity contribution in [2.24, 2.45) is 0 Å². The van der Waals surface area contributed by atoms with Gasteiger partial charge in [0, 0.05) is 19.6 Å². The van der Waals surface area contributed by atoms with Crippen molar-refractivity contribution in [3.8, 4) is 0 Å². The predicted molar refractivity (Wildman–Crippen MR) is 71.5 cm³/mol. The first-order valence-electron chi connectivity index (χ1n) is 6.21. The molecule has 0 saturated carbocycles. The van der Waals surface area contributed by atoms with Crippen molar-refractivity contribution >= 4 is 11.4 Å². The van der Waals surface area contributed by atoms with E-state index in [9.17, 15) is 0 Å². The van der Waals surface area contributed by atoms with Crippen LogP contribution in [0, 0.1) is 0 Å². The highest BCUT2D eigenvalue weighted by Crippen LogP contribution is 2.36. The molecular weight excluding hydrogens is 196 g/mol. The molecule has 1 aliphatic rings. The van der Waals surface area contributed by atoms with Crippen LogP contribution in [0.5, 0.6) is 0 Å². The van der Waals surface area contributed by atoms with Crippen LogP contribution in [0.15, 0.2) is 18.2 Å². The number of fused-ring (bicyclic) bond motifs is 1. The van der Waals surface area contributed by atoms with E-state index in [2.05, 4.69) is 56.2 Å². The van der Waals surface area contributed by atoms with Gasteiger partial charge in [-0.1, -0.05) is 26.0 Å². The number of nitrogens with zero attached hydrogens (tertiary/aromatic N) is 1. The van der Waals surface area contributed by atoms with Gasteiger partial charge in [-0.25, -0.2) is 0 Å². The van der Waals surface area contributed by atoms with Crippen molar-refractivity contribution < 1.29 is 0 Å². The standard InChI is InChI=1S/C14H22N2/c1-10(2)12-6-5-7-13-14(12)16(4)11(3)8-9-15-13/h5-7,10-11,15H,8-9H2,1-4H3. The lowest BCUT2D eigenvalue weighted by atomic mass is 9.99. The molecule has 0 radical (unpaired) electrons. The average Bonchev–Trinajstić information content (AvgIpc) is 2.40. The van der Waals surface area contributed by atoms with E-state index in [0.29, 0.717) is 12.0 Å². The van der Waals surface area contributed by atoms with Crippen LogP contribution in [0.1, 0.15) is 38.7 Å². The quantitative estimate of drug-likeness (QED) is 0.776. The normalized spacial score (nSPS) is 20.3. The van der Waals surface area contributed by atoms with Crippen LogP contribution in [-0.4, -0.2) is 19.6 Å². The third kappa shape index (κ3) is 1.89. The number of rotatable bonds is 1. The fourth-order valence-electron chi connectivity index (χ4n) is 2.39. The summed E-state index contributed by atoms with van der Waals surface area (Å²) >= 11 is 0. The molecule has 2 rings (SSSR count). The Bertz CT molecular complexity index is 371. The van der Waals surface area contributed by atoms with Crippen LogP contribution >= 0.6 is 0 Å². The van der Waals surface area contributed by atoms with Gasteiger partial charge in [0.1, 0.15) is 0 Å². The summed E-state index contributed by atoms with van der Waals surface area (Å²) in [4.78, 5) is 2.42. The van der Waals surface area contributed by atoms with Gasteiger partial charge in [-0.05, 0) is 30.9 Å². The topological polar surface area (TPSA) is 15.3 Å². The number of anilines is 2. The van der Waals surface area contributed by atoms with E-state index in [1.165, 1.54) is 23.4 Å². The summed E-state index contributed by atoms with van der Waals surface area (Å²) in [6.07, 6.45) is 1.20. The molecule has 1 atom stereocenters. The van der Waals surface area contributed by atoms with E-state index in [-0.39, 0.29) is 0 Å². The molecule has 0 spiro atoms. The molecule has 1 aromatic carbocycles. The van der Waals surface area contributed by atoms with Gasteiger partial charge >= 0.3 is 0 Å². The lowest BCUT2D eigenvalue weighted by molar-refractivity contribution is 0.653. The molecule has 0 saturated heterocycles. The highest BCUT2D eigenvalue weighted by Gasteiger charge is 2.21. The Balaban J connectivity index is 2.52. The summed E-state index contributed by atoms with van der Waals surface area (Å²) in [7, 11) is 2.21. The summed E-state index contributed by atoms with van der Waals surface area (Å²) in [5.41, 5.74) is 4.13. The monoisotopic (exact) mass is 218 g/mol. The van der Waals surface area contributed by atoms with Crippen molar-refractivity contribution in [3.63, 3.8) is 0 Å². The third-order valence-electron chi connectivity index (χ3n) is 3.58. The van der Waals surface area contributed by atoms with E-state index in [4.69, 9.17) is 0 Å². The Morgan fingerprint density at radius 1 is 1.38 bits per heavy atom. The fraction of sp³-hybridized carbons (Fsp3) is 0.571. The largest absolute Gasteiger partial charge is 0.383 e. The zero-order chi connectivity index (χ0) is 11.7. The van der Waals surface area contributed by atoms with E-state index in [1.54, 1.807) is 0 Å². The molecule has 16 heavy (non-hydrogen) atoms. The van der Waals surface area contributed by atoms with E-state index < -0.39 is 0 Å². The summed E-state index contributed by atoms with van der Waals surface area (Å²) in [6, 6.07) is 7.20. The number of benzene rings is 1. The SMILES string of the molecule is CC(C)c1cccc2c1N(C)C(C)CCN2. The maximum absolute atomic E-state index is 3.54.